The van der Waals surface area contributed by atoms with Gasteiger partial charge in [-0.1, -0.05) is 53.8 Å². The van der Waals surface area contributed by atoms with E-state index in [0.29, 0.717) is 10.6 Å². The summed E-state index contributed by atoms with van der Waals surface area (Å²) in [6.45, 7) is 0. The van der Waals surface area contributed by atoms with Crippen LogP contribution in [0.15, 0.2) is 29.2 Å². The molecule has 0 saturated carbocycles. The quantitative estimate of drug-likeness (QED) is 0.574. The van der Waals surface area contributed by atoms with E-state index in [1.165, 1.54) is 6.08 Å². The molecule has 1 fully saturated rings. The molecule has 0 bridgehead atoms. The van der Waals surface area contributed by atoms with Crippen LogP contribution in [0.5, 0.6) is 0 Å². The Labute approximate surface area is 152 Å². The molecule has 1 aromatic rings. The second-order valence-electron chi connectivity index (χ2n) is 4.86. The van der Waals surface area contributed by atoms with Gasteiger partial charge in [0.05, 0.1) is 4.91 Å². The SMILES string of the molecule is O=C(O)CC[C@H](C(=O)O)N1C(=O)/C(=C\c2ccccc2Cl)SC1=S. The zero-order valence-electron chi connectivity index (χ0n) is 12.1. The molecule has 24 heavy (non-hydrogen) atoms. The van der Waals surface area contributed by atoms with E-state index in [9.17, 15) is 19.5 Å². The Morgan fingerprint density at radius 1 is 1.33 bits per heavy atom. The van der Waals surface area contributed by atoms with Crippen LogP contribution in [0.2, 0.25) is 5.02 Å². The first-order chi connectivity index (χ1) is 11.3. The number of hydrogen-bond donors (Lipinski definition) is 2. The van der Waals surface area contributed by atoms with Crippen molar-refractivity contribution in [2.75, 3.05) is 0 Å². The Hall–Kier alpha value is -1.90. The summed E-state index contributed by atoms with van der Waals surface area (Å²) in [5, 5.41) is 18.5. The van der Waals surface area contributed by atoms with Crippen LogP contribution in [0, 0.1) is 0 Å². The zero-order valence-corrected chi connectivity index (χ0v) is 14.5. The summed E-state index contributed by atoms with van der Waals surface area (Å²) in [4.78, 5) is 35.8. The zero-order chi connectivity index (χ0) is 17.9. The van der Waals surface area contributed by atoms with Gasteiger partial charge in [0, 0.05) is 11.4 Å². The molecule has 6 nitrogen and oxygen atoms in total. The second-order valence-corrected chi connectivity index (χ2v) is 6.94. The second kappa shape index (κ2) is 7.78. The molecule has 1 amide bonds. The summed E-state index contributed by atoms with van der Waals surface area (Å²) < 4.78 is 0.0797. The summed E-state index contributed by atoms with van der Waals surface area (Å²) in [6, 6.07) is 5.57. The third kappa shape index (κ3) is 4.14. The monoisotopic (exact) mass is 385 g/mol. The lowest BCUT2D eigenvalue weighted by molar-refractivity contribution is -0.146. The summed E-state index contributed by atoms with van der Waals surface area (Å²) in [6.07, 6.45) is 0.936. The highest BCUT2D eigenvalue weighted by molar-refractivity contribution is 8.26. The number of thioether (sulfide) groups is 1. The maximum Gasteiger partial charge on any atom is 0.326 e. The van der Waals surface area contributed by atoms with E-state index in [-0.39, 0.29) is 22.1 Å². The van der Waals surface area contributed by atoms with Crippen LogP contribution in [-0.4, -0.2) is 43.3 Å². The third-order valence-electron chi connectivity index (χ3n) is 3.24. The fourth-order valence-electron chi connectivity index (χ4n) is 2.11. The van der Waals surface area contributed by atoms with E-state index in [2.05, 4.69) is 0 Å². The molecular formula is C15H12ClNO5S2. The van der Waals surface area contributed by atoms with Crippen molar-refractivity contribution in [3.8, 4) is 0 Å². The molecule has 1 saturated heterocycles. The topological polar surface area (TPSA) is 94.9 Å². The molecule has 9 heteroatoms. The first-order valence-electron chi connectivity index (χ1n) is 6.77. The number of nitrogens with zero attached hydrogens (tertiary/aromatic N) is 1. The summed E-state index contributed by atoms with van der Waals surface area (Å²) in [7, 11) is 0. The molecule has 1 aliphatic rings. The Morgan fingerprint density at radius 3 is 2.58 bits per heavy atom. The summed E-state index contributed by atoms with van der Waals surface area (Å²) in [5.41, 5.74) is 0.608. The summed E-state index contributed by atoms with van der Waals surface area (Å²) in [5.74, 6) is -3.01. The van der Waals surface area contributed by atoms with E-state index in [1.54, 1.807) is 24.3 Å². The van der Waals surface area contributed by atoms with Crippen molar-refractivity contribution in [3.05, 3.63) is 39.8 Å². The van der Waals surface area contributed by atoms with E-state index < -0.39 is 23.9 Å². The number of amides is 1. The van der Waals surface area contributed by atoms with Gasteiger partial charge in [0.1, 0.15) is 10.4 Å². The van der Waals surface area contributed by atoms with Gasteiger partial charge < -0.3 is 10.2 Å². The van der Waals surface area contributed by atoms with Gasteiger partial charge in [0.15, 0.2) is 0 Å². The fraction of sp³-hybridized carbons (Fsp3) is 0.200. The molecule has 1 aliphatic heterocycles. The van der Waals surface area contributed by atoms with Crippen LogP contribution in [0.25, 0.3) is 6.08 Å². The van der Waals surface area contributed by atoms with Crippen LogP contribution in [0.4, 0.5) is 0 Å². The van der Waals surface area contributed by atoms with Crippen LogP contribution in [0.3, 0.4) is 0 Å². The predicted molar refractivity (Wildman–Crippen MR) is 94.8 cm³/mol. The number of halogens is 1. The van der Waals surface area contributed by atoms with Gasteiger partial charge in [-0.15, -0.1) is 0 Å². The first kappa shape index (κ1) is 18.4. The van der Waals surface area contributed by atoms with Crippen LogP contribution in [0.1, 0.15) is 18.4 Å². The lowest BCUT2D eigenvalue weighted by Gasteiger charge is -2.22. The minimum Gasteiger partial charge on any atom is -0.481 e. The van der Waals surface area contributed by atoms with Crippen molar-refractivity contribution in [2.45, 2.75) is 18.9 Å². The number of carbonyl (C=O) groups is 3. The molecular weight excluding hydrogens is 374 g/mol. The number of hydrogen-bond acceptors (Lipinski definition) is 5. The molecule has 1 heterocycles. The normalized spacial score (nSPS) is 17.4. The molecule has 2 rings (SSSR count). The van der Waals surface area contributed by atoms with Crippen molar-refractivity contribution < 1.29 is 24.6 Å². The maximum atomic E-state index is 12.5. The van der Waals surface area contributed by atoms with Crippen molar-refractivity contribution in [1.29, 1.82) is 0 Å². The Balaban J connectivity index is 2.28. The van der Waals surface area contributed by atoms with Gasteiger partial charge in [0.25, 0.3) is 5.91 Å². The Bertz CT molecular complexity index is 749. The van der Waals surface area contributed by atoms with Crippen LogP contribution >= 0.6 is 35.6 Å². The van der Waals surface area contributed by atoms with Crippen molar-refractivity contribution in [1.82, 2.24) is 4.90 Å². The number of aliphatic carboxylic acids is 2. The molecule has 2 N–H and O–H groups in total. The van der Waals surface area contributed by atoms with Gasteiger partial charge in [-0.2, -0.15) is 0 Å². The standard InChI is InChI=1S/C15H12ClNO5S2/c16-9-4-2-1-3-8(9)7-11-13(20)17(15(23)24-11)10(14(21)22)5-6-12(18)19/h1-4,7,10H,5-6H2,(H,18,19)(H,21,22)/b11-7+/t10-/m1/s1. The van der Waals surface area contributed by atoms with Gasteiger partial charge >= 0.3 is 11.9 Å². The van der Waals surface area contributed by atoms with Crippen molar-refractivity contribution in [3.63, 3.8) is 0 Å². The molecule has 1 atom stereocenters. The van der Waals surface area contributed by atoms with Gasteiger partial charge in [-0.25, -0.2) is 4.79 Å². The average molecular weight is 386 g/mol. The molecule has 126 valence electrons. The molecule has 0 radical (unpaired) electrons. The average Bonchev–Trinajstić information content (AvgIpc) is 2.77. The predicted octanol–water partition coefficient (Wildman–Crippen LogP) is 2.86. The minimum absolute atomic E-state index is 0.0797. The summed E-state index contributed by atoms with van der Waals surface area (Å²) >= 11 is 12.1. The highest BCUT2D eigenvalue weighted by Crippen LogP contribution is 2.35. The van der Waals surface area contributed by atoms with Crippen molar-refractivity contribution in [2.24, 2.45) is 0 Å². The highest BCUT2D eigenvalue weighted by atomic mass is 35.5. The number of rotatable bonds is 6. The smallest absolute Gasteiger partial charge is 0.326 e. The van der Waals surface area contributed by atoms with E-state index in [4.69, 9.17) is 28.9 Å². The molecule has 0 aliphatic carbocycles. The Kier molecular flexibility index (Phi) is 5.98. The van der Waals surface area contributed by atoms with Crippen molar-refractivity contribution >= 4 is 63.8 Å². The molecule has 0 unspecified atom stereocenters. The van der Waals surface area contributed by atoms with E-state index in [1.807, 2.05) is 0 Å². The highest BCUT2D eigenvalue weighted by Gasteiger charge is 2.40. The Morgan fingerprint density at radius 2 is 2.00 bits per heavy atom. The van der Waals surface area contributed by atoms with E-state index in [0.717, 1.165) is 16.7 Å². The van der Waals surface area contributed by atoms with Gasteiger partial charge in [0.2, 0.25) is 0 Å². The number of thiocarbonyl (C=S) groups is 1. The van der Waals surface area contributed by atoms with Gasteiger partial charge in [-0.3, -0.25) is 14.5 Å². The molecule has 0 aromatic heterocycles. The number of carboxylic acids is 2. The lowest BCUT2D eigenvalue weighted by atomic mass is 10.1. The largest absolute Gasteiger partial charge is 0.481 e. The van der Waals surface area contributed by atoms with Crippen LogP contribution < -0.4 is 0 Å². The molecule has 0 spiro atoms. The lowest BCUT2D eigenvalue weighted by Crippen LogP contribution is -2.44. The number of carbonyl (C=O) groups excluding carboxylic acids is 1. The van der Waals surface area contributed by atoms with E-state index >= 15 is 0 Å². The maximum absolute atomic E-state index is 12.5. The number of benzene rings is 1. The molecule has 1 aromatic carbocycles. The van der Waals surface area contributed by atoms with Gasteiger partial charge in [-0.05, 0) is 24.1 Å². The first-order valence-corrected chi connectivity index (χ1v) is 8.37. The van der Waals surface area contributed by atoms with Crippen LogP contribution in [-0.2, 0) is 14.4 Å². The third-order valence-corrected chi connectivity index (χ3v) is 4.92. The minimum atomic E-state index is -1.31. The fourth-order valence-corrected chi connectivity index (χ4v) is 3.64. The number of carboxylic acid groups (broad SMARTS) is 2.